The Kier molecular flexibility index (Phi) is 5.41. The summed E-state index contributed by atoms with van der Waals surface area (Å²) in [6.07, 6.45) is 3.75. The molecule has 2 heterocycles. The van der Waals surface area contributed by atoms with E-state index in [0.717, 1.165) is 27.4 Å². The molecule has 0 aliphatic heterocycles. The Balaban J connectivity index is 1.44. The van der Waals surface area contributed by atoms with Gasteiger partial charge in [0.15, 0.2) is 0 Å². The van der Waals surface area contributed by atoms with Gasteiger partial charge in [-0.1, -0.05) is 36.4 Å². The molecule has 0 bridgehead atoms. The Morgan fingerprint density at radius 3 is 2.52 bits per heavy atom. The maximum atomic E-state index is 12.3. The van der Waals surface area contributed by atoms with Crippen LogP contribution in [0.4, 0.5) is 5.69 Å². The molecule has 29 heavy (non-hydrogen) atoms. The monoisotopic (exact) mass is 396 g/mol. The summed E-state index contributed by atoms with van der Waals surface area (Å²) in [4.78, 5) is 21.1. The molecule has 4 rings (SSSR count). The van der Waals surface area contributed by atoms with Crippen molar-refractivity contribution in [1.82, 2.24) is 9.97 Å². The third-order valence-corrected chi connectivity index (χ3v) is 5.26. The summed E-state index contributed by atoms with van der Waals surface area (Å²) in [5.74, 6) is -0.158. The van der Waals surface area contributed by atoms with Crippen LogP contribution >= 0.6 is 11.3 Å². The fraction of sp³-hybridized carbons (Fsp3) is 0.0435. The third kappa shape index (κ3) is 4.37. The summed E-state index contributed by atoms with van der Waals surface area (Å²) in [5.41, 5.74) is 4.82. The smallest absolute Gasteiger partial charge is 0.228 e. The normalized spacial score (nSPS) is 10.3. The predicted molar refractivity (Wildman–Crippen MR) is 114 cm³/mol. The number of nitriles is 1. The van der Waals surface area contributed by atoms with E-state index in [2.05, 4.69) is 16.4 Å². The fourth-order valence-electron chi connectivity index (χ4n) is 2.90. The Hall–Kier alpha value is -3.82. The zero-order valence-corrected chi connectivity index (χ0v) is 16.2. The minimum atomic E-state index is -0.158. The van der Waals surface area contributed by atoms with E-state index in [1.807, 2.05) is 41.8 Å². The number of hydrogen-bond acceptors (Lipinski definition) is 5. The molecule has 0 saturated carbocycles. The molecule has 2 aromatic carbocycles. The van der Waals surface area contributed by atoms with Gasteiger partial charge in [0.2, 0.25) is 5.91 Å². The zero-order valence-electron chi connectivity index (χ0n) is 15.4. The molecular formula is C23H16N4OS. The molecule has 0 saturated heterocycles. The number of anilines is 1. The first-order valence-electron chi connectivity index (χ1n) is 8.97. The summed E-state index contributed by atoms with van der Waals surface area (Å²) in [7, 11) is 0. The van der Waals surface area contributed by atoms with Crippen LogP contribution < -0.4 is 5.32 Å². The summed E-state index contributed by atoms with van der Waals surface area (Å²) in [5, 5.41) is 14.9. The minimum absolute atomic E-state index is 0.158. The summed E-state index contributed by atoms with van der Waals surface area (Å²) in [6, 6.07) is 20.7. The number of benzene rings is 2. The van der Waals surface area contributed by atoms with E-state index in [0.29, 0.717) is 11.3 Å². The van der Waals surface area contributed by atoms with Gasteiger partial charge in [-0.25, -0.2) is 4.98 Å². The number of nitrogens with one attached hydrogen (secondary N) is 1. The second-order valence-corrected chi connectivity index (χ2v) is 7.21. The third-order valence-electron chi connectivity index (χ3n) is 4.37. The predicted octanol–water partition coefficient (Wildman–Crippen LogP) is 4.92. The Morgan fingerprint density at radius 1 is 1.00 bits per heavy atom. The van der Waals surface area contributed by atoms with Crippen molar-refractivity contribution in [2.75, 3.05) is 5.32 Å². The molecule has 6 heteroatoms. The first kappa shape index (κ1) is 18.5. The largest absolute Gasteiger partial charge is 0.325 e. The van der Waals surface area contributed by atoms with Gasteiger partial charge in [-0.3, -0.25) is 9.78 Å². The average molecular weight is 396 g/mol. The van der Waals surface area contributed by atoms with Crippen LogP contribution in [0.2, 0.25) is 0 Å². The van der Waals surface area contributed by atoms with Crippen molar-refractivity contribution < 1.29 is 4.79 Å². The van der Waals surface area contributed by atoms with E-state index in [1.165, 1.54) is 0 Å². The number of rotatable bonds is 5. The van der Waals surface area contributed by atoms with Crippen molar-refractivity contribution in [2.24, 2.45) is 0 Å². The van der Waals surface area contributed by atoms with Gasteiger partial charge in [0.25, 0.3) is 0 Å². The number of amides is 1. The van der Waals surface area contributed by atoms with Crippen LogP contribution in [-0.2, 0) is 11.2 Å². The SMILES string of the molecule is N#Cc1ccccc1NC(=O)Cc1ccc(-c2csc(-c3ccncc3)n2)cc1. The maximum Gasteiger partial charge on any atom is 0.228 e. The molecule has 0 aliphatic rings. The van der Waals surface area contributed by atoms with Gasteiger partial charge < -0.3 is 5.32 Å². The molecule has 5 nitrogen and oxygen atoms in total. The zero-order chi connectivity index (χ0) is 20.1. The van der Waals surface area contributed by atoms with Crippen molar-refractivity contribution >= 4 is 22.9 Å². The van der Waals surface area contributed by atoms with Gasteiger partial charge in [0.1, 0.15) is 11.1 Å². The molecule has 2 aromatic heterocycles. The maximum absolute atomic E-state index is 12.3. The van der Waals surface area contributed by atoms with Crippen molar-refractivity contribution in [3.05, 3.63) is 89.6 Å². The number of pyridine rings is 1. The summed E-state index contributed by atoms with van der Waals surface area (Å²) >= 11 is 1.59. The van der Waals surface area contributed by atoms with E-state index in [1.54, 1.807) is 48.0 Å². The molecule has 1 amide bonds. The van der Waals surface area contributed by atoms with Crippen LogP contribution in [0, 0.1) is 11.3 Å². The Morgan fingerprint density at radius 2 is 1.76 bits per heavy atom. The topological polar surface area (TPSA) is 78.7 Å². The highest BCUT2D eigenvalue weighted by atomic mass is 32.1. The molecule has 4 aromatic rings. The second-order valence-electron chi connectivity index (χ2n) is 6.35. The molecule has 0 aliphatic carbocycles. The van der Waals surface area contributed by atoms with Crippen molar-refractivity contribution in [3.8, 4) is 27.9 Å². The molecule has 0 radical (unpaired) electrons. The lowest BCUT2D eigenvalue weighted by atomic mass is 10.1. The van der Waals surface area contributed by atoms with Gasteiger partial charge in [-0.15, -0.1) is 11.3 Å². The Labute approximate surface area is 172 Å². The summed E-state index contributed by atoms with van der Waals surface area (Å²) in [6.45, 7) is 0. The number of aromatic nitrogens is 2. The van der Waals surface area contributed by atoms with Gasteiger partial charge in [-0.05, 0) is 29.8 Å². The van der Waals surface area contributed by atoms with Gasteiger partial charge in [0.05, 0.1) is 23.4 Å². The van der Waals surface area contributed by atoms with E-state index in [-0.39, 0.29) is 12.3 Å². The minimum Gasteiger partial charge on any atom is -0.325 e. The van der Waals surface area contributed by atoms with Gasteiger partial charge in [0, 0.05) is 28.9 Å². The number of carbonyl (C=O) groups is 1. The molecule has 0 atom stereocenters. The van der Waals surface area contributed by atoms with E-state index >= 15 is 0 Å². The van der Waals surface area contributed by atoms with Crippen LogP contribution in [0.1, 0.15) is 11.1 Å². The van der Waals surface area contributed by atoms with Crippen molar-refractivity contribution in [1.29, 1.82) is 5.26 Å². The lowest BCUT2D eigenvalue weighted by molar-refractivity contribution is -0.115. The second kappa shape index (κ2) is 8.46. The number of thiazole rings is 1. The average Bonchev–Trinajstić information content (AvgIpc) is 3.25. The quantitative estimate of drug-likeness (QED) is 0.519. The number of hydrogen-bond donors (Lipinski definition) is 1. The molecule has 0 unspecified atom stereocenters. The number of nitrogens with zero attached hydrogens (tertiary/aromatic N) is 3. The lowest BCUT2D eigenvalue weighted by Gasteiger charge is -2.07. The van der Waals surface area contributed by atoms with Crippen LogP contribution in [-0.4, -0.2) is 15.9 Å². The number of carbonyl (C=O) groups excluding carboxylic acids is 1. The fourth-order valence-corrected chi connectivity index (χ4v) is 3.73. The van der Waals surface area contributed by atoms with Crippen LogP contribution in [0.25, 0.3) is 21.8 Å². The molecular weight excluding hydrogens is 380 g/mol. The van der Waals surface area contributed by atoms with Gasteiger partial charge in [-0.2, -0.15) is 5.26 Å². The van der Waals surface area contributed by atoms with Crippen molar-refractivity contribution in [2.45, 2.75) is 6.42 Å². The first-order chi connectivity index (χ1) is 14.2. The van der Waals surface area contributed by atoms with E-state index in [9.17, 15) is 4.79 Å². The number of para-hydroxylation sites is 1. The van der Waals surface area contributed by atoms with Crippen LogP contribution in [0.5, 0.6) is 0 Å². The van der Waals surface area contributed by atoms with Crippen LogP contribution in [0.3, 0.4) is 0 Å². The molecule has 0 fully saturated rings. The highest BCUT2D eigenvalue weighted by Gasteiger charge is 2.09. The highest BCUT2D eigenvalue weighted by Crippen LogP contribution is 2.28. The molecule has 140 valence electrons. The first-order valence-corrected chi connectivity index (χ1v) is 9.85. The highest BCUT2D eigenvalue weighted by molar-refractivity contribution is 7.13. The molecule has 1 N–H and O–H groups in total. The van der Waals surface area contributed by atoms with E-state index in [4.69, 9.17) is 10.2 Å². The van der Waals surface area contributed by atoms with Crippen LogP contribution in [0.15, 0.2) is 78.4 Å². The molecule has 0 spiro atoms. The summed E-state index contributed by atoms with van der Waals surface area (Å²) < 4.78 is 0. The van der Waals surface area contributed by atoms with E-state index < -0.39 is 0 Å². The van der Waals surface area contributed by atoms with Crippen molar-refractivity contribution in [3.63, 3.8) is 0 Å². The lowest BCUT2D eigenvalue weighted by Crippen LogP contribution is -2.15. The van der Waals surface area contributed by atoms with Gasteiger partial charge >= 0.3 is 0 Å². The Bertz CT molecular complexity index is 1180. The standard InChI is InChI=1S/C23H16N4OS/c24-14-19-3-1-2-4-20(19)26-22(28)13-16-5-7-17(8-6-16)21-15-29-23(27-21)18-9-11-25-12-10-18/h1-12,15H,13H2,(H,26,28).